The molecule has 0 bridgehead atoms. The fourth-order valence-corrected chi connectivity index (χ4v) is 4.69. The van der Waals surface area contributed by atoms with E-state index in [1.165, 1.54) is 22.4 Å². The maximum Gasteiger partial charge on any atom is 0.270 e. The first-order valence-corrected chi connectivity index (χ1v) is 9.28. The molecule has 2 aliphatic heterocycles. The second-order valence-electron chi connectivity index (χ2n) is 7.98. The van der Waals surface area contributed by atoms with Gasteiger partial charge in [-0.15, -0.1) is 0 Å². The maximum atomic E-state index is 11.1. The number of anilines is 1. The summed E-state index contributed by atoms with van der Waals surface area (Å²) >= 11 is 0. The molecule has 0 saturated heterocycles. The van der Waals surface area contributed by atoms with E-state index in [1.807, 2.05) is 18.2 Å². The van der Waals surface area contributed by atoms with Crippen molar-refractivity contribution in [3.05, 3.63) is 81.9 Å². The van der Waals surface area contributed by atoms with Crippen LogP contribution in [0.5, 0.6) is 5.75 Å². The summed E-state index contributed by atoms with van der Waals surface area (Å²) < 4.78 is 6.59. The van der Waals surface area contributed by atoms with Crippen molar-refractivity contribution >= 4 is 28.2 Å². The number of nitrogens with zero attached hydrogens (tertiary/aromatic N) is 2. The van der Waals surface area contributed by atoms with Gasteiger partial charge in [0.15, 0.2) is 0 Å². The lowest BCUT2D eigenvalue weighted by molar-refractivity contribution is -0.384. The highest BCUT2D eigenvalue weighted by Crippen LogP contribution is 2.56. The number of fused-ring (bicyclic) bond motifs is 4. The largest absolute Gasteiger partial charge is 0.463 e. The van der Waals surface area contributed by atoms with Crippen LogP contribution < -0.4 is 9.64 Å². The van der Waals surface area contributed by atoms with Crippen molar-refractivity contribution in [3.63, 3.8) is 0 Å². The molecule has 2 aliphatic rings. The smallest absolute Gasteiger partial charge is 0.270 e. The third kappa shape index (κ3) is 1.96. The van der Waals surface area contributed by atoms with Crippen LogP contribution in [0.4, 0.5) is 11.4 Å². The first-order valence-electron chi connectivity index (χ1n) is 9.28. The van der Waals surface area contributed by atoms with Crippen LogP contribution in [0.3, 0.4) is 0 Å². The highest BCUT2D eigenvalue weighted by atomic mass is 16.6. The Labute approximate surface area is 163 Å². The number of hydrogen-bond donors (Lipinski definition) is 0. The zero-order chi connectivity index (χ0) is 19.7. The first-order chi connectivity index (χ1) is 13.3. The van der Waals surface area contributed by atoms with Gasteiger partial charge in [-0.05, 0) is 43.0 Å². The van der Waals surface area contributed by atoms with Crippen LogP contribution in [-0.2, 0) is 5.41 Å². The molecule has 28 heavy (non-hydrogen) atoms. The van der Waals surface area contributed by atoms with E-state index in [1.54, 1.807) is 12.1 Å². The van der Waals surface area contributed by atoms with E-state index in [-0.39, 0.29) is 16.0 Å². The van der Waals surface area contributed by atoms with Crippen LogP contribution >= 0.6 is 0 Å². The second-order valence-corrected chi connectivity index (χ2v) is 7.98. The Bertz CT molecular complexity index is 1180. The molecule has 5 heteroatoms. The Balaban J connectivity index is 1.70. The molecule has 1 spiro atoms. The number of ether oxygens (including phenoxy) is 1. The number of non-ortho nitro benzene ring substituents is 1. The fraction of sp³-hybridized carbons (Fsp3) is 0.217. The molecule has 0 aliphatic carbocycles. The van der Waals surface area contributed by atoms with E-state index in [2.05, 4.69) is 56.1 Å². The number of nitro benzene ring substituents is 1. The number of benzene rings is 3. The van der Waals surface area contributed by atoms with Crippen molar-refractivity contribution in [2.24, 2.45) is 0 Å². The summed E-state index contributed by atoms with van der Waals surface area (Å²) in [4.78, 5) is 12.9. The standard InChI is InChI=1S/C23H20N2O3/c1-22(2)19-10-8-15-6-4-5-7-18(15)21(19)24(3)23(22)13-12-16-14-17(25(26)27)9-11-20(16)28-23/h4-14H,1-3H3. The highest BCUT2D eigenvalue weighted by molar-refractivity contribution is 5.98. The van der Waals surface area contributed by atoms with Crippen molar-refractivity contribution in [2.45, 2.75) is 25.0 Å². The zero-order valence-corrected chi connectivity index (χ0v) is 16.0. The Hall–Kier alpha value is -3.34. The van der Waals surface area contributed by atoms with Crippen molar-refractivity contribution in [1.29, 1.82) is 0 Å². The van der Waals surface area contributed by atoms with E-state index in [0.29, 0.717) is 5.75 Å². The fourth-order valence-electron chi connectivity index (χ4n) is 4.69. The lowest BCUT2D eigenvalue weighted by atomic mass is 9.76. The van der Waals surface area contributed by atoms with E-state index < -0.39 is 5.72 Å². The molecular weight excluding hydrogens is 352 g/mol. The summed E-state index contributed by atoms with van der Waals surface area (Å²) in [5.41, 5.74) is 2.16. The molecule has 0 amide bonds. The molecule has 1 unspecified atom stereocenters. The zero-order valence-electron chi connectivity index (χ0n) is 16.0. The molecule has 0 aromatic heterocycles. The molecule has 2 heterocycles. The molecule has 0 fully saturated rings. The van der Waals surface area contributed by atoms with E-state index in [4.69, 9.17) is 4.74 Å². The quantitative estimate of drug-likeness (QED) is 0.431. The van der Waals surface area contributed by atoms with Crippen molar-refractivity contribution < 1.29 is 9.66 Å². The lowest BCUT2D eigenvalue weighted by Crippen LogP contribution is -2.58. The molecular formula is C23H20N2O3. The van der Waals surface area contributed by atoms with Gasteiger partial charge in [0.25, 0.3) is 5.69 Å². The van der Waals surface area contributed by atoms with Gasteiger partial charge in [0.2, 0.25) is 5.72 Å². The summed E-state index contributed by atoms with van der Waals surface area (Å²) in [6.45, 7) is 4.37. The average molecular weight is 372 g/mol. The summed E-state index contributed by atoms with van der Waals surface area (Å²) in [5, 5.41) is 13.5. The Morgan fingerprint density at radius 2 is 1.86 bits per heavy atom. The van der Waals surface area contributed by atoms with Crippen LogP contribution in [0.2, 0.25) is 0 Å². The minimum Gasteiger partial charge on any atom is -0.463 e. The van der Waals surface area contributed by atoms with Crippen LogP contribution in [0.1, 0.15) is 25.0 Å². The van der Waals surface area contributed by atoms with E-state index >= 15 is 0 Å². The van der Waals surface area contributed by atoms with Gasteiger partial charge in [-0.2, -0.15) is 0 Å². The third-order valence-electron chi connectivity index (χ3n) is 6.26. The van der Waals surface area contributed by atoms with Gasteiger partial charge < -0.3 is 9.64 Å². The van der Waals surface area contributed by atoms with Gasteiger partial charge in [0.1, 0.15) is 5.75 Å². The van der Waals surface area contributed by atoms with Gasteiger partial charge in [-0.25, -0.2) is 0 Å². The molecule has 3 aromatic rings. The molecule has 0 N–H and O–H groups in total. The number of nitro groups is 1. The highest BCUT2D eigenvalue weighted by Gasteiger charge is 2.58. The van der Waals surface area contributed by atoms with E-state index in [9.17, 15) is 10.1 Å². The molecule has 140 valence electrons. The number of hydrogen-bond acceptors (Lipinski definition) is 4. The lowest BCUT2D eigenvalue weighted by Gasteiger charge is -2.45. The number of likely N-dealkylation sites (N-methyl/N-ethyl adjacent to an activating group) is 1. The summed E-state index contributed by atoms with van der Waals surface area (Å²) in [7, 11) is 2.06. The van der Waals surface area contributed by atoms with Crippen LogP contribution in [-0.4, -0.2) is 17.7 Å². The third-order valence-corrected chi connectivity index (χ3v) is 6.26. The molecule has 3 aromatic carbocycles. The van der Waals surface area contributed by atoms with Gasteiger partial charge in [-0.3, -0.25) is 10.1 Å². The first kappa shape index (κ1) is 16.8. The molecule has 5 rings (SSSR count). The molecule has 0 saturated carbocycles. The van der Waals surface area contributed by atoms with Crippen molar-refractivity contribution in [2.75, 3.05) is 11.9 Å². The SMILES string of the molecule is CN1c2c(ccc3ccccc23)C(C)(C)C12C=Cc1cc([N+](=O)[O-])ccc1O2. The molecule has 1 atom stereocenters. The molecule has 0 radical (unpaired) electrons. The van der Waals surface area contributed by atoms with Gasteiger partial charge in [0, 0.05) is 30.1 Å². The summed E-state index contributed by atoms with van der Waals surface area (Å²) in [6, 6.07) is 17.5. The molecule has 5 nitrogen and oxygen atoms in total. The van der Waals surface area contributed by atoms with E-state index in [0.717, 1.165) is 11.3 Å². The van der Waals surface area contributed by atoms with Gasteiger partial charge in [-0.1, -0.05) is 36.4 Å². The minimum atomic E-state index is -0.706. The second kappa shape index (κ2) is 5.35. The topological polar surface area (TPSA) is 55.6 Å². The predicted molar refractivity (Wildman–Crippen MR) is 111 cm³/mol. The average Bonchev–Trinajstić information content (AvgIpc) is 2.86. The van der Waals surface area contributed by atoms with Gasteiger partial charge in [0.05, 0.1) is 16.0 Å². The van der Waals surface area contributed by atoms with Crippen LogP contribution in [0, 0.1) is 10.1 Å². The Morgan fingerprint density at radius 3 is 2.64 bits per heavy atom. The number of rotatable bonds is 1. The van der Waals surface area contributed by atoms with Crippen LogP contribution in [0.25, 0.3) is 16.8 Å². The predicted octanol–water partition coefficient (Wildman–Crippen LogP) is 5.28. The summed E-state index contributed by atoms with van der Waals surface area (Å²) in [5.74, 6) is 0.658. The van der Waals surface area contributed by atoms with Crippen molar-refractivity contribution in [1.82, 2.24) is 0 Å². The monoisotopic (exact) mass is 372 g/mol. The Morgan fingerprint density at radius 1 is 1.07 bits per heavy atom. The summed E-state index contributed by atoms with van der Waals surface area (Å²) in [6.07, 6.45) is 3.98. The van der Waals surface area contributed by atoms with Crippen LogP contribution in [0.15, 0.2) is 60.7 Å². The van der Waals surface area contributed by atoms with Crippen molar-refractivity contribution in [3.8, 4) is 5.75 Å². The van der Waals surface area contributed by atoms with Gasteiger partial charge >= 0.3 is 0 Å². The minimum absolute atomic E-state index is 0.0660. The normalized spacial score (nSPS) is 21.5. The Kier molecular flexibility index (Phi) is 3.21. The maximum absolute atomic E-state index is 11.1.